The number of fused-ring (bicyclic) bond motifs is 2. The molecule has 5 heteroatoms. The maximum atomic E-state index is 11.8. The topological polar surface area (TPSA) is 44.8 Å². The fourth-order valence-electron chi connectivity index (χ4n) is 8.52. The normalized spacial score (nSPS) is 48.1. The molecule has 0 radical (unpaired) electrons. The lowest BCUT2D eigenvalue weighted by atomic mass is 9.43. The smallest absolute Gasteiger partial charge is 0.321 e. The average Bonchev–Trinajstić information content (AvgIpc) is 3.13. The van der Waals surface area contributed by atoms with Gasteiger partial charge in [0.15, 0.2) is 0 Å². The molecule has 0 aromatic carbocycles. The molecule has 2 bridgehead atoms. The van der Waals surface area contributed by atoms with E-state index in [1.165, 1.54) is 38.5 Å². The summed E-state index contributed by atoms with van der Waals surface area (Å²) in [6.07, 6.45) is 19.1. The van der Waals surface area contributed by atoms with E-state index in [0.29, 0.717) is 24.2 Å². The highest BCUT2D eigenvalue weighted by molar-refractivity contribution is 6.26. The Kier molecular flexibility index (Phi) is 6.06. The number of hydrogen-bond donors (Lipinski definition) is 0. The molecule has 0 aromatic rings. The van der Waals surface area contributed by atoms with Crippen LogP contribution in [0, 0.1) is 34.5 Å². The van der Waals surface area contributed by atoms with Crippen molar-refractivity contribution in [1.29, 1.82) is 0 Å². The number of halogens is 1. The number of carbonyl (C=O) groups is 1. The molecular weight excluding hydrogens is 436 g/mol. The lowest BCUT2D eigenvalue weighted by Gasteiger charge is -2.69. The number of carbonyl (C=O) groups excluding carboxylic acids is 1. The monoisotopic (exact) mass is 476 g/mol. The SMILES string of the molecule is CC(C)C/C=C/CC1CCC2C1(C)CCC1C3(C)CCC(OC(=O)CCl)C[C@]34C=C[C@]21OO4. The second-order valence-corrected chi connectivity index (χ2v) is 12.7. The third-order valence-electron chi connectivity index (χ3n) is 10.4. The molecule has 2 spiro atoms. The fraction of sp³-hybridized carbons (Fsp3) is 0.821. The third-order valence-corrected chi connectivity index (χ3v) is 10.6. The number of ether oxygens (including phenoxy) is 1. The highest BCUT2D eigenvalue weighted by Gasteiger charge is 2.74. The Balaban J connectivity index is 1.39. The van der Waals surface area contributed by atoms with Gasteiger partial charge in [-0.2, -0.15) is 0 Å². The minimum Gasteiger partial charge on any atom is -0.461 e. The van der Waals surface area contributed by atoms with Gasteiger partial charge in [0.1, 0.15) is 23.2 Å². The van der Waals surface area contributed by atoms with E-state index in [-0.39, 0.29) is 34.4 Å². The van der Waals surface area contributed by atoms with E-state index >= 15 is 0 Å². The summed E-state index contributed by atoms with van der Waals surface area (Å²) in [6, 6.07) is 0. The highest BCUT2D eigenvalue weighted by atomic mass is 35.5. The summed E-state index contributed by atoms with van der Waals surface area (Å²) in [5.41, 5.74) is -0.548. The first-order valence-corrected chi connectivity index (χ1v) is 13.7. The van der Waals surface area contributed by atoms with Crippen molar-refractivity contribution in [2.75, 3.05) is 5.88 Å². The van der Waals surface area contributed by atoms with Crippen LogP contribution >= 0.6 is 11.6 Å². The second-order valence-electron chi connectivity index (χ2n) is 12.4. The van der Waals surface area contributed by atoms with Crippen LogP contribution < -0.4 is 0 Å². The highest BCUT2D eigenvalue weighted by Crippen LogP contribution is 2.72. The first-order chi connectivity index (χ1) is 15.7. The molecule has 6 rings (SSSR count). The maximum Gasteiger partial charge on any atom is 0.321 e. The first kappa shape index (κ1) is 23.9. The van der Waals surface area contributed by atoms with Gasteiger partial charge in [-0.05, 0) is 74.7 Å². The average molecular weight is 477 g/mol. The summed E-state index contributed by atoms with van der Waals surface area (Å²) in [4.78, 5) is 24.7. The predicted octanol–water partition coefficient (Wildman–Crippen LogP) is 6.77. The number of hydrogen-bond acceptors (Lipinski definition) is 4. The molecule has 1 saturated heterocycles. The van der Waals surface area contributed by atoms with Crippen molar-refractivity contribution in [2.24, 2.45) is 34.5 Å². The lowest BCUT2D eigenvalue weighted by molar-refractivity contribution is -0.497. The van der Waals surface area contributed by atoms with Crippen molar-refractivity contribution < 1.29 is 19.3 Å². The molecule has 184 valence electrons. The second kappa shape index (κ2) is 8.38. The zero-order valence-electron chi connectivity index (χ0n) is 20.8. The molecule has 0 amide bonds. The van der Waals surface area contributed by atoms with Gasteiger partial charge in [-0.1, -0.05) is 45.9 Å². The van der Waals surface area contributed by atoms with Crippen LogP contribution in [0.1, 0.15) is 85.5 Å². The van der Waals surface area contributed by atoms with Crippen LogP contribution in [0.5, 0.6) is 0 Å². The summed E-state index contributed by atoms with van der Waals surface area (Å²) in [5.74, 6) is 1.92. The molecule has 4 nitrogen and oxygen atoms in total. The standard InChI is InChI=1S/C28H41ClO4/c1-19(2)7-5-6-8-20-9-10-22-25(20,3)13-12-23-26(4)14-11-21(31-24(30)18-29)17-27(26)15-16-28(22,23)33-32-27/h5-6,15-16,19-23H,7-14,17-18H2,1-4H3/b6-5+/t20?,21?,22?,23?,25?,26?,27-,28+/m1/s1. The molecule has 8 atom stereocenters. The van der Waals surface area contributed by atoms with Crippen LogP contribution in [0.3, 0.4) is 0 Å². The van der Waals surface area contributed by atoms with Gasteiger partial charge in [-0.15, -0.1) is 11.6 Å². The van der Waals surface area contributed by atoms with E-state index in [2.05, 4.69) is 52.0 Å². The first-order valence-electron chi connectivity index (χ1n) is 13.2. The molecule has 6 aliphatic rings. The molecule has 0 N–H and O–H groups in total. The molecule has 3 saturated carbocycles. The largest absolute Gasteiger partial charge is 0.461 e. The van der Waals surface area contributed by atoms with Crippen LogP contribution in [0.2, 0.25) is 0 Å². The van der Waals surface area contributed by atoms with Crippen LogP contribution in [-0.4, -0.2) is 29.2 Å². The Morgan fingerprint density at radius 2 is 1.91 bits per heavy atom. The minimum absolute atomic E-state index is 0.000452. The molecule has 6 unspecified atom stereocenters. The summed E-state index contributed by atoms with van der Waals surface area (Å²) in [5, 5.41) is 0. The molecule has 2 heterocycles. The van der Waals surface area contributed by atoms with Crippen molar-refractivity contribution in [3.63, 3.8) is 0 Å². The molecule has 2 aliphatic heterocycles. The third kappa shape index (κ3) is 3.49. The predicted molar refractivity (Wildman–Crippen MR) is 130 cm³/mol. The number of alkyl halides is 1. The van der Waals surface area contributed by atoms with Gasteiger partial charge in [-0.25, -0.2) is 9.78 Å². The van der Waals surface area contributed by atoms with Crippen molar-refractivity contribution in [3.8, 4) is 0 Å². The van der Waals surface area contributed by atoms with Crippen molar-refractivity contribution >= 4 is 17.6 Å². The minimum atomic E-state index is -0.514. The quantitative estimate of drug-likeness (QED) is 0.183. The summed E-state index contributed by atoms with van der Waals surface area (Å²) >= 11 is 5.68. The van der Waals surface area contributed by atoms with Crippen LogP contribution in [-0.2, 0) is 19.3 Å². The van der Waals surface area contributed by atoms with E-state index in [1.54, 1.807) is 0 Å². The summed E-state index contributed by atoms with van der Waals surface area (Å²) < 4.78 is 5.63. The van der Waals surface area contributed by atoms with Gasteiger partial charge in [0.05, 0.1) is 0 Å². The fourth-order valence-corrected chi connectivity index (χ4v) is 8.59. The van der Waals surface area contributed by atoms with E-state index in [9.17, 15) is 4.79 Å². The maximum absolute atomic E-state index is 11.8. The summed E-state index contributed by atoms with van der Waals surface area (Å²) in [6.45, 7) is 9.49. The number of allylic oxidation sites excluding steroid dienone is 2. The Hall–Kier alpha value is -0.840. The molecule has 4 fully saturated rings. The zero-order valence-corrected chi connectivity index (χ0v) is 21.5. The van der Waals surface area contributed by atoms with Crippen LogP contribution in [0.15, 0.2) is 24.3 Å². The van der Waals surface area contributed by atoms with Gasteiger partial charge >= 0.3 is 5.97 Å². The molecular formula is C28H41ClO4. The van der Waals surface area contributed by atoms with Gasteiger partial charge in [0.2, 0.25) is 0 Å². The van der Waals surface area contributed by atoms with E-state index < -0.39 is 5.60 Å². The number of esters is 1. The van der Waals surface area contributed by atoms with Crippen LogP contribution in [0.25, 0.3) is 0 Å². The lowest BCUT2D eigenvalue weighted by Crippen LogP contribution is -2.73. The Bertz CT molecular complexity index is 838. The van der Waals surface area contributed by atoms with E-state index in [0.717, 1.165) is 18.8 Å². The van der Waals surface area contributed by atoms with Gasteiger partial charge in [0.25, 0.3) is 0 Å². The van der Waals surface area contributed by atoms with Crippen molar-refractivity contribution in [3.05, 3.63) is 24.3 Å². The Morgan fingerprint density at radius 3 is 2.61 bits per heavy atom. The van der Waals surface area contributed by atoms with Gasteiger partial charge < -0.3 is 4.74 Å². The summed E-state index contributed by atoms with van der Waals surface area (Å²) in [7, 11) is 0. The Labute approximate surface area is 204 Å². The molecule has 0 aromatic heterocycles. The molecule has 33 heavy (non-hydrogen) atoms. The van der Waals surface area contributed by atoms with Crippen LogP contribution in [0.4, 0.5) is 0 Å². The molecule has 4 aliphatic carbocycles. The Morgan fingerprint density at radius 1 is 1.09 bits per heavy atom. The van der Waals surface area contributed by atoms with E-state index in [1.807, 2.05) is 0 Å². The number of rotatable bonds is 6. The van der Waals surface area contributed by atoms with Crippen molar-refractivity contribution in [2.45, 2.75) is 103 Å². The zero-order chi connectivity index (χ0) is 23.5. The van der Waals surface area contributed by atoms with Gasteiger partial charge in [-0.3, -0.25) is 4.79 Å². The van der Waals surface area contributed by atoms with E-state index in [4.69, 9.17) is 26.1 Å². The van der Waals surface area contributed by atoms with Crippen molar-refractivity contribution in [1.82, 2.24) is 0 Å². The van der Waals surface area contributed by atoms with Gasteiger partial charge in [0, 0.05) is 23.7 Å².